The Hall–Kier alpha value is -2.48. The summed E-state index contributed by atoms with van der Waals surface area (Å²) >= 11 is 1.63. The van der Waals surface area contributed by atoms with Crippen molar-refractivity contribution in [3.8, 4) is 0 Å². The van der Waals surface area contributed by atoms with Gasteiger partial charge >= 0.3 is 0 Å². The Balaban J connectivity index is 1.41. The molecular weight excluding hydrogens is 398 g/mol. The van der Waals surface area contributed by atoms with Crippen LogP contribution in [0.1, 0.15) is 36.4 Å². The van der Waals surface area contributed by atoms with Gasteiger partial charge in [0.15, 0.2) is 0 Å². The number of thiophene rings is 1. The van der Waals surface area contributed by atoms with E-state index in [0.717, 1.165) is 48.9 Å². The van der Waals surface area contributed by atoms with Gasteiger partial charge < -0.3 is 15.1 Å². The SMILES string of the molecule is Cc1nccc(N2C[C@@H]3C[C@H](C2)[C@H](C(=O)NCc2cccs2)N2C(=O)CCC[C@@H]32)n1. The fourth-order valence-electron chi connectivity index (χ4n) is 5.49. The Morgan fingerprint density at radius 3 is 2.97 bits per heavy atom. The Morgan fingerprint density at radius 1 is 1.30 bits per heavy atom. The van der Waals surface area contributed by atoms with Gasteiger partial charge in [-0.05, 0) is 49.6 Å². The highest BCUT2D eigenvalue weighted by Crippen LogP contribution is 2.42. The van der Waals surface area contributed by atoms with E-state index >= 15 is 0 Å². The largest absolute Gasteiger partial charge is 0.356 e. The standard InChI is InChI=1S/C22H27N5O2S/c1-14-23-8-7-19(25-14)26-12-15-10-16(13-26)21(27-18(15)5-2-6-20(27)28)22(29)24-11-17-4-3-9-30-17/h3-4,7-9,15-16,18,21H,2,5-6,10-13H2,1H3,(H,24,29)/t15-,16+,18-,21+/m0/s1. The minimum Gasteiger partial charge on any atom is -0.356 e. The zero-order valence-electron chi connectivity index (χ0n) is 17.2. The Labute approximate surface area is 180 Å². The van der Waals surface area contributed by atoms with Crippen LogP contribution >= 0.6 is 11.3 Å². The lowest BCUT2D eigenvalue weighted by Crippen LogP contribution is -2.68. The maximum atomic E-state index is 13.3. The second kappa shape index (κ2) is 7.98. The molecule has 3 aliphatic heterocycles. The number of aryl methyl sites for hydroxylation is 1. The molecule has 0 saturated carbocycles. The number of amides is 2. The number of carbonyl (C=O) groups excluding carboxylic acids is 2. The van der Waals surface area contributed by atoms with Crippen LogP contribution in [0.2, 0.25) is 0 Å². The van der Waals surface area contributed by atoms with E-state index in [9.17, 15) is 9.59 Å². The number of hydrogen-bond acceptors (Lipinski definition) is 6. The molecule has 3 aliphatic rings. The molecule has 2 aromatic rings. The molecular formula is C22H27N5O2S. The van der Waals surface area contributed by atoms with E-state index in [1.807, 2.05) is 35.4 Å². The maximum Gasteiger partial charge on any atom is 0.243 e. The normalized spacial score (nSPS) is 28.2. The molecule has 1 N–H and O–H groups in total. The van der Waals surface area contributed by atoms with Crippen LogP contribution < -0.4 is 10.2 Å². The van der Waals surface area contributed by atoms with Gasteiger partial charge in [0.05, 0.1) is 6.54 Å². The van der Waals surface area contributed by atoms with E-state index in [-0.39, 0.29) is 23.8 Å². The summed E-state index contributed by atoms with van der Waals surface area (Å²) in [5.74, 6) is 2.29. The van der Waals surface area contributed by atoms with E-state index in [4.69, 9.17) is 0 Å². The van der Waals surface area contributed by atoms with E-state index < -0.39 is 6.04 Å². The summed E-state index contributed by atoms with van der Waals surface area (Å²) in [7, 11) is 0. The maximum absolute atomic E-state index is 13.3. The van der Waals surface area contributed by atoms with E-state index in [0.29, 0.717) is 18.9 Å². The quantitative estimate of drug-likeness (QED) is 0.814. The minimum atomic E-state index is -0.398. The lowest BCUT2D eigenvalue weighted by Gasteiger charge is -2.56. The van der Waals surface area contributed by atoms with Crippen LogP contribution in [-0.4, -0.2) is 51.9 Å². The van der Waals surface area contributed by atoms with Crippen LogP contribution in [-0.2, 0) is 16.1 Å². The molecule has 7 nitrogen and oxygen atoms in total. The van der Waals surface area contributed by atoms with Gasteiger partial charge in [-0.15, -0.1) is 11.3 Å². The van der Waals surface area contributed by atoms with E-state index in [2.05, 4.69) is 20.2 Å². The Morgan fingerprint density at radius 2 is 2.17 bits per heavy atom. The van der Waals surface area contributed by atoms with Crippen molar-refractivity contribution in [2.45, 2.75) is 51.2 Å². The van der Waals surface area contributed by atoms with Crippen molar-refractivity contribution in [2.75, 3.05) is 18.0 Å². The summed E-state index contributed by atoms with van der Waals surface area (Å²) in [5, 5.41) is 5.12. The molecule has 3 fully saturated rings. The summed E-state index contributed by atoms with van der Waals surface area (Å²) in [6, 6.07) is 5.71. The number of aromatic nitrogens is 2. The minimum absolute atomic E-state index is 0.0205. The van der Waals surface area contributed by atoms with Crippen molar-refractivity contribution in [1.82, 2.24) is 20.2 Å². The van der Waals surface area contributed by atoms with Gasteiger partial charge in [0.2, 0.25) is 11.8 Å². The molecule has 3 saturated heterocycles. The smallest absolute Gasteiger partial charge is 0.243 e. The second-order valence-electron chi connectivity index (χ2n) is 8.63. The third-order valence-electron chi connectivity index (χ3n) is 6.71. The fourth-order valence-corrected chi connectivity index (χ4v) is 6.14. The highest BCUT2D eigenvalue weighted by Gasteiger charge is 2.52. The number of anilines is 1. The van der Waals surface area contributed by atoms with Crippen molar-refractivity contribution in [3.05, 3.63) is 40.5 Å². The van der Waals surface area contributed by atoms with Crippen molar-refractivity contribution >= 4 is 29.0 Å². The number of fused-ring (bicyclic) bond motifs is 4. The third kappa shape index (κ3) is 3.57. The summed E-state index contributed by atoms with van der Waals surface area (Å²) in [5.41, 5.74) is 0. The van der Waals surface area contributed by atoms with Crippen molar-refractivity contribution in [3.63, 3.8) is 0 Å². The molecule has 0 unspecified atom stereocenters. The summed E-state index contributed by atoms with van der Waals surface area (Å²) < 4.78 is 0. The van der Waals surface area contributed by atoms with Crippen molar-refractivity contribution in [2.24, 2.45) is 11.8 Å². The third-order valence-corrected chi connectivity index (χ3v) is 7.59. The van der Waals surface area contributed by atoms with Crippen LogP contribution in [0.5, 0.6) is 0 Å². The number of hydrogen-bond donors (Lipinski definition) is 1. The number of nitrogens with zero attached hydrogens (tertiary/aromatic N) is 4. The monoisotopic (exact) mass is 425 g/mol. The molecule has 2 amide bonds. The lowest BCUT2D eigenvalue weighted by atomic mass is 9.71. The highest BCUT2D eigenvalue weighted by atomic mass is 32.1. The van der Waals surface area contributed by atoms with Crippen LogP contribution in [0.15, 0.2) is 29.8 Å². The first-order valence-electron chi connectivity index (χ1n) is 10.8. The van der Waals surface area contributed by atoms with E-state index in [1.54, 1.807) is 17.5 Å². The molecule has 0 spiro atoms. The van der Waals surface area contributed by atoms with Gasteiger partial charge in [-0.2, -0.15) is 0 Å². The second-order valence-corrected chi connectivity index (χ2v) is 9.66. The van der Waals surface area contributed by atoms with Crippen LogP contribution in [0.25, 0.3) is 0 Å². The molecule has 2 aromatic heterocycles. The number of carbonyl (C=O) groups is 2. The van der Waals surface area contributed by atoms with Crippen LogP contribution in [0, 0.1) is 18.8 Å². The Bertz CT molecular complexity index is 933. The zero-order valence-corrected chi connectivity index (χ0v) is 18.0. The van der Waals surface area contributed by atoms with Crippen molar-refractivity contribution in [1.29, 1.82) is 0 Å². The van der Waals surface area contributed by atoms with Gasteiger partial charge in [0.25, 0.3) is 0 Å². The molecule has 8 heteroatoms. The average molecular weight is 426 g/mol. The predicted octanol–water partition coefficient (Wildman–Crippen LogP) is 2.37. The predicted molar refractivity (Wildman–Crippen MR) is 115 cm³/mol. The Kier molecular flexibility index (Phi) is 5.18. The van der Waals surface area contributed by atoms with Gasteiger partial charge in [-0.3, -0.25) is 9.59 Å². The molecule has 5 heterocycles. The van der Waals surface area contributed by atoms with Crippen LogP contribution in [0.3, 0.4) is 0 Å². The van der Waals surface area contributed by atoms with Crippen molar-refractivity contribution < 1.29 is 9.59 Å². The highest BCUT2D eigenvalue weighted by molar-refractivity contribution is 7.09. The first-order valence-corrected chi connectivity index (χ1v) is 11.6. The average Bonchev–Trinajstić information content (AvgIpc) is 3.26. The van der Waals surface area contributed by atoms with Gasteiger partial charge in [0.1, 0.15) is 17.7 Å². The number of nitrogens with one attached hydrogen (secondary N) is 1. The molecule has 2 bridgehead atoms. The molecule has 0 radical (unpaired) electrons. The topological polar surface area (TPSA) is 78.4 Å². The molecule has 5 rings (SSSR count). The molecule has 0 aliphatic carbocycles. The fraction of sp³-hybridized carbons (Fsp3) is 0.545. The molecule has 30 heavy (non-hydrogen) atoms. The molecule has 4 atom stereocenters. The molecule has 158 valence electrons. The van der Waals surface area contributed by atoms with Crippen LogP contribution in [0.4, 0.5) is 5.82 Å². The number of rotatable bonds is 4. The summed E-state index contributed by atoms with van der Waals surface area (Å²) in [4.78, 5) is 40.5. The van der Waals surface area contributed by atoms with Gasteiger partial charge in [-0.25, -0.2) is 9.97 Å². The first kappa shape index (κ1) is 19.5. The van der Waals surface area contributed by atoms with E-state index in [1.165, 1.54) is 0 Å². The van der Waals surface area contributed by atoms with Gasteiger partial charge in [-0.1, -0.05) is 6.07 Å². The summed E-state index contributed by atoms with van der Waals surface area (Å²) in [6.45, 7) is 4.03. The summed E-state index contributed by atoms with van der Waals surface area (Å²) in [6.07, 6.45) is 5.24. The van der Waals surface area contributed by atoms with Gasteiger partial charge in [0, 0.05) is 42.5 Å². The zero-order chi connectivity index (χ0) is 20.7. The lowest BCUT2D eigenvalue weighted by molar-refractivity contribution is -0.156. The first-order chi connectivity index (χ1) is 14.6. The number of piperidine rings is 3. The molecule has 0 aromatic carbocycles.